The Morgan fingerprint density at radius 2 is 1.54 bits per heavy atom. The quantitative estimate of drug-likeness (QED) is 0.690. The van der Waals surface area contributed by atoms with Crippen molar-refractivity contribution in [3.05, 3.63) is 53.1 Å². The first-order chi connectivity index (χ1) is 13.1. The molecule has 28 heavy (non-hydrogen) atoms. The third-order valence-corrected chi connectivity index (χ3v) is 5.51. The summed E-state index contributed by atoms with van der Waals surface area (Å²) in [6.07, 6.45) is -0.0335. The van der Waals surface area contributed by atoms with Gasteiger partial charge in [0.2, 0.25) is 5.91 Å². The highest BCUT2D eigenvalue weighted by Gasteiger charge is 2.17. The van der Waals surface area contributed by atoms with Crippen molar-refractivity contribution >= 4 is 33.3 Å². The molecule has 0 bridgehead atoms. The largest absolute Gasteiger partial charge is 0.469 e. The van der Waals surface area contributed by atoms with Crippen molar-refractivity contribution in [2.75, 3.05) is 17.1 Å². The monoisotopic (exact) mass is 404 g/mol. The molecule has 0 aliphatic rings. The zero-order valence-corrected chi connectivity index (χ0v) is 17.1. The molecule has 0 unspecified atom stereocenters. The smallest absolute Gasteiger partial charge is 0.306 e. The SMILES string of the molecule is COC(=O)CCC(=O)Nc1ccc(S(=O)(=O)Nc2c(C)cc(C)cc2C)cc1. The zero-order chi connectivity index (χ0) is 20.9. The molecule has 2 aromatic rings. The van der Waals surface area contributed by atoms with Gasteiger partial charge in [-0.1, -0.05) is 17.7 Å². The fourth-order valence-electron chi connectivity index (χ4n) is 2.79. The van der Waals surface area contributed by atoms with Crippen molar-refractivity contribution < 1.29 is 22.7 Å². The van der Waals surface area contributed by atoms with Crippen molar-refractivity contribution in [2.24, 2.45) is 0 Å². The number of carbonyl (C=O) groups is 2. The molecule has 1 amide bonds. The Morgan fingerprint density at radius 1 is 0.964 bits per heavy atom. The second-order valence-corrected chi connectivity index (χ2v) is 8.21. The molecule has 0 aliphatic heterocycles. The van der Waals surface area contributed by atoms with Gasteiger partial charge < -0.3 is 10.1 Å². The van der Waals surface area contributed by atoms with Gasteiger partial charge in [0, 0.05) is 12.1 Å². The Hall–Kier alpha value is -2.87. The molecule has 0 saturated carbocycles. The minimum absolute atomic E-state index is 0.0136. The van der Waals surface area contributed by atoms with Crippen LogP contribution in [0.2, 0.25) is 0 Å². The number of carbonyl (C=O) groups excluding carboxylic acids is 2. The van der Waals surface area contributed by atoms with Crippen LogP contribution in [-0.4, -0.2) is 27.4 Å². The topological polar surface area (TPSA) is 102 Å². The van der Waals surface area contributed by atoms with Gasteiger partial charge in [-0.25, -0.2) is 8.42 Å². The van der Waals surface area contributed by atoms with E-state index in [-0.39, 0.29) is 23.6 Å². The van der Waals surface area contributed by atoms with Crippen LogP contribution in [0.3, 0.4) is 0 Å². The first-order valence-corrected chi connectivity index (χ1v) is 10.2. The number of benzene rings is 2. The highest BCUT2D eigenvalue weighted by molar-refractivity contribution is 7.92. The van der Waals surface area contributed by atoms with Crippen molar-refractivity contribution in [2.45, 2.75) is 38.5 Å². The molecule has 0 saturated heterocycles. The summed E-state index contributed by atoms with van der Waals surface area (Å²) < 4.78 is 32.5. The Balaban J connectivity index is 2.10. The Kier molecular flexibility index (Phi) is 6.80. The van der Waals surface area contributed by atoms with Gasteiger partial charge in [0.1, 0.15) is 0 Å². The van der Waals surface area contributed by atoms with Gasteiger partial charge in [-0.15, -0.1) is 0 Å². The Labute approximate surface area is 165 Å². The van der Waals surface area contributed by atoms with E-state index < -0.39 is 16.0 Å². The number of hydrogen-bond acceptors (Lipinski definition) is 5. The summed E-state index contributed by atoms with van der Waals surface area (Å²) in [6, 6.07) is 9.66. The highest BCUT2D eigenvalue weighted by Crippen LogP contribution is 2.25. The number of amides is 1. The van der Waals surface area contributed by atoms with E-state index in [2.05, 4.69) is 14.8 Å². The maximum Gasteiger partial charge on any atom is 0.306 e. The van der Waals surface area contributed by atoms with Crippen molar-refractivity contribution in [1.82, 2.24) is 0 Å². The summed E-state index contributed by atoms with van der Waals surface area (Å²) in [5.41, 5.74) is 3.75. The fourth-order valence-corrected chi connectivity index (χ4v) is 4.00. The van der Waals surface area contributed by atoms with Crippen LogP contribution >= 0.6 is 0 Å². The number of rotatable bonds is 7. The second-order valence-electron chi connectivity index (χ2n) is 6.53. The number of aryl methyl sites for hydroxylation is 3. The average Bonchev–Trinajstić information content (AvgIpc) is 2.63. The number of methoxy groups -OCH3 is 1. The molecule has 2 rings (SSSR count). The van der Waals surface area contributed by atoms with E-state index in [0.717, 1.165) is 16.7 Å². The summed E-state index contributed by atoms with van der Waals surface area (Å²) in [7, 11) is -2.51. The molecule has 0 aromatic heterocycles. The molecule has 0 radical (unpaired) electrons. The van der Waals surface area contributed by atoms with Crippen LogP contribution < -0.4 is 10.0 Å². The molecule has 0 heterocycles. The number of nitrogens with one attached hydrogen (secondary N) is 2. The first-order valence-electron chi connectivity index (χ1n) is 8.70. The molecule has 150 valence electrons. The van der Waals surface area contributed by atoms with Gasteiger partial charge in [-0.05, 0) is 56.2 Å². The lowest BCUT2D eigenvalue weighted by Gasteiger charge is -2.14. The van der Waals surface area contributed by atoms with Gasteiger partial charge in [-0.2, -0.15) is 0 Å². The lowest BCUT2D eigenvalue weighted by molar-refractivity contribution is -0.141. The van der Waals surface area contributed by atoms with E-state index in [1.165, 1.54) is 31.4 Å². The summed E-state index contributed by atoms with van der Waals surface area (Å²) >= 11 is 0. The van der Waals surface area contributed by atoms with E-state index in [1.807, 2.05) is 32.9 Å². The number of anilines is 2. The molecular weight excluding hydrogens is 380 g/mol. The Morgan fingerprint density at radius 3 is 2.07 bits per heavy atom. The molecule has 0 atom stereocenters. The van der Waals surface area contributed by atoms with Gasteiger partial charge in [-0.3, -0.25) is 14.3 Å². The Bertz CT molecular complexity index is 959. The average molecular weight is 404 g/mol. The summed E-state index contributed by atoms with van der Waals surface area (Å²) in [4.78, 5) is 23.0. The minimum atomic E-state index is -3.77. The maximum absolute atomic E-state index is 12.7. The molecule has 0 aliphatic carbocycles. The van der Waals surface area contributed by atoms with E-state index in [0.29, 0.717) is 11.4 Å². The van der Waals surface area contributed by atoms with Crippen LogP contribution in [0.15, 0.2) is 41.3 Å². The van der Waals surface area contributed by atoms with Crippen LogP contribution in [0.1, 0.15) is 29.5 Å². The lowest BCUT2D eigenvalue weighted by Crippen LogP contribution is -2.16. The van der Waals surface area contributed by atoms with Crippen molar-refractivity contribution in [3.8, 4) is 0 Å². The fraction of sp³-hybridized carbons (Fsp3) is 0.300. The number of hydrogen-bond donors (Lipinski definition) is 2. The van der Waals surface area contributed by atoms with E-state index in [4.69, 9.17) is 0 Å². The third kappa shape index (κ3) is 5.56. The van der Waals surface area contributed by atoms with E-state index in [1.54, 1.807) is 0 Å². The van der Waals surface area contributed by atoms with Gasteiger partial charge >= 0.3 is 5.97 Å². The molecule has 0 fully saturated rings. The second kappa shape index (κ2) is 8.88. The molecular formula is C20H24N2O5S. The van der Waals surface area contributed by atoms with Crippen molar-refractivity contribution in [1.29, 1.82) is 0 Å². The molecule has 2 aromatic carbocycles. The van der Waals surface area contributed by atoms with E-state index in [9.17, 15) is 18.0 Å². The lowest BCUT2D eigenvalue weighted by atomic mass is 10.1. The first kappa shape index (κ1) is 21.4. The number of sulfonamides is 1. The van der Waals surface area contributed by atoms with Gasteiger partial charge in [0.05, 0.1) is 24.1 Å². The normalized spacial score (nSPS) is 11.0. The highest BCUT2D eigenvalue weighted by atomic mass is 32.2. The zero-order valence-electron chi connectivity index (χ0n) is 16.3. The standard InChI is InChI=1S/C20H24N2O5S/c1-13-11-14(2)20(15(3)12-13)22-28(25,26)17-7-5-16(6-8-17)21-18(23)9-10-19(24)27-4/h5-8,11-12,22H,9-10H2,1-4H3,(H,21,23). The predicted octanol–water partition coefficient (Wildman–Crippen LogP) is 3.30. The molecule has 8 heteroatoms. The summed E-state index contributed by atoms with van der Waals surface area (Å²) in [6.45, 7) is 5.66. The van der Waals surface area contributed by atoms with Crippen LogP contribution in [0.4, 0.5) is 11.4 Å². The van der Waals surface area contributed by atoms with Crippen molar-refractivity contribution in [3.63, 3.8) is 0 Å². The predicted molar refractivity (Wildman–Crippen MR) is 108 cm³/mol. The molecule has 7 nitrogen and oxygen atoms in total. The minimum Gasteiger partial charge on any atom is -0.469 e. The number of ether oxygens (including phenoxy) is 1. The number of esters is 1. The van der Waals surface area contributed by atoms with Gasteiger partial charge in [0.25, 0.3) is 10.0 Å². The van der Waals surface area contributed by atoms with E-state index >= 15 is 0 Å². The summed E-state index contributed by atoms with van der Waals surface area (Å²) in [5.74, 6) is -0.825. The van der Waals surface area contributed by atoms with Crippen LogP contribution in [0, 0.1) is 20.8 Å². The third-order valence-electron chi connectivity index (χ3n) is 4.15. The molecule has 0 spiro atoms. The molecule has 2 N–H and O–H groups in total. The summed E-state index contributed by atoms with van der Waals surface area (Å²) in [5, 5.41) is 2.61. The van der Waals surface area contributed by atoms with Gasteiger partial charge in [0.15, 0.2) is 0 Å². The van der Waals surface area contributed by atoms with Crippen LogP contribution in [-0.2, 0) is 24.3 Å². The van der Waals surface area contributed by atoms with Crippen LogP contribution in [0.25, 0.3) is 0 Å². The van der Waals surface area contributed by atoms with Crippen LogP contribution in [0.5, 0.6) is 0 Å². The maximum atomic E-state index is 12.7.